The average molecular weight is 404 g/mol. The average Bonchev–Trinajstić information content (AvgIpc) is 2.53. The fraction of sp³-hybridized carbons (Fsp3) is 0.750. The van der Waals surface area contributed by atoms with E-state index in [4.69, 9.17) is 11.5 Å². The van der Waals surface area contributed by atoms with E-state index in [1.807, 2.05) is 0 Å². The van der Waals surface area contributed by atoms with Gasteiger partial charge in [-0.1, -0.05) is 0 Å². The highest BCUT2D eigenvalue weighted by atomic mass is 16.4. The van der Waals surface area contributed by atoms with E-state index in [0.717, 1.165) is 0 Å². The van der Waals surface area contributed by atoms with Gasteiger partial charge in [-0.2, -0.15) is 0 Å². The molecule has 1 heterocycles. The van der Waals surface area contributed by atoms with Gasteiger partial charge in [0.1, 0.15) is 0 Å². The van der Waals surface area contributed by atoms with Gasteiger partial charge in [-0.25, -0.2) is 0 Å². The van der Waals surface area contributed by atoms with E-state index < -0.39 is 60.8 Å². The van der Waals surface area contributed by atoms with E-state index in [9.17, 15) is 39.6 Å². The predicted molar refractivity (Wildman–Crippen MR) is 95.7 cm³/mol. The van der Waals surface area contributed by atoms with Crippen LogP contribution in [0.4, 0.5) is 0 Å². The molecule has 12 nitrogen and oxygen atoms in total. The molecule has 28 heavy (non-hydrogen) atoms. The second-order valence-corrected chi connectivity index (χ2v) is 6.90. The molecule has 0 aromatic heterocycles. The Labute approximate surface area is 161 Å². The minimum Gasteiger partial charge on any atom is -0.481 e. The molecule has 1 saturated heterocycles. The van der Waals surface area contributed by atoms with Crippen molar-refractivity contribution in [2.24, 2.45) is 11.5 Å². The van der Waals surface area contributed by atoms with E-state index >= 15 is 0 Å². The summed E-state index contributed by atoms with van der Waals surface area (Å²) in [6.07, 6.45) is -2.13. The van der Waals surface area contributed by atoms with Crippen LogP contribution in [0.15, 0.2) is 0 Å². The summed E-state index contributed by atoms with van der Waals surface area (Å²) >= 11 is 0. The maximum absolute atomic E-state index is 11.8. The number of piperazine rings is 1. The molecule has 0 bridgehead atoms. The Bertz CT molecular complexity index is 597. The van der Waals surface area contributed by atoms with Crippen molar-refractivity contribution in [2.45, 2.75) is 36.8 Å². The highest BCUT2D eigenvalue weighted by Crippen LogP contribution is 2.47. The van der Waals surface area contributed by atoms with Crippen molar-refractivity contribution in [3.05, 3.63) is 0 Å². The van der Waals surface area contributed by atoms with Crippen LogP contribution in [0, 0.1) is 0 Å². The van der Waals surface area contributed by atoms with Crippen LogP contribution in [0.2, 0.25) is 0 Å². The van der Waals surface area contributed by atoms with Gasteiger partial charge in [0.15, 0.2) is 0 Å². The Hall–Kier alpha value is -2.28. The van der Waals surface area contributed by atoms with E-state index in [1.165, 1.54) is 4.90 Å². The normalized spacial score (nSPS) is 22.6. The Morgan fingerprint density at radius 3 is 1.57 bits per heavy atom. The molecule has 0 spiro atoms. The van der Waals surface area contributed by atoms with Gasteiger partial charge in [-0.3, -0.25) is 29.0 Å². The van der Waals surface area contributed by atoms with E-state index in [-0.39, 0.29) is 39.1 Å². The highest BCUT2D eigenvalue weighted by Gasteiger charge is 2.62. The number of nitrogens with zero attached hydrogens (tertiary/aromatic N) is 2. The Balaban J connectivity index is 3.79. The zero-order valence-corrected chi connectivity index (χ0v) is 15.5. The number of carbonyl (C=O) groups is 4. The third-order valence-corrected chi connectivity index (χ3v) is 5.33. The molecule has 1 unspecified atom stereocenters. The smallest absolute Gasteiger partial charge is 0.317 e. The van der Waals surface area contributed by atoms with Gasteiger partial charge in [0.05, 0.1) is 36.9 Å². The molecule has 1 aliphatic heterocycles. The molecular weight excluding hydrogens is 376 g/mol. The summed E-state index contributed by atoms with van der Waals surface area (Å²) < 4.78 is 0. The minimum absolute atomic E-state index is 0.0318. The Morgan fingerprint density at radius 2 is 1.18 bits per heavy atom. The van der Waals surface area contributed by atoms with Crippen LogP contribution >= 0.6 is 0 Å². The summed E-state index contributed by atoms with van der Waals surface area (Å²) in [5.41, 5.74) is 8.07. The third kappa shape index (κ3) is 4.95. The zero-order chi connectivity index (χ0) is 21.5. The lowest BCUT2D eigenvalue weighted by Gasteiger charge is -2.62. The maximum Gasteiger partial charge on any atom is 0.317 e. The summed E-state index contributed by atoms with van der Waals surface area (Å²) in [7, 11) is 0. The first-order valence-corrected chi connectivity index (χ1v) is 8.82. The van der Waals surface area contributed by atoms with E-state index in [0.29, 0.717) is 0 Å². The highest BCUT2D eigenvalue weighted by molar-refractivity contribution is 5.77. The number of nitrogens with two attached hydrogens (primary N) is 2. The van der Waals surface area contributed by atoms with Gasteiger partial charge in [-0.05, 0) is 13.0 Å². The Kier molecular flexibility index (Phi) is 8.29. The van der Waals surface area contributed by atoms with E-state index in [2.05, 4.69) is 0 Å². The lowest BCUT2D eigenvalue weighted by Crippen LogP contribution is -2.78. The molecule has 1 atom stereocenters. The van der Waals surface area contributed by atoms with Crippen LogP contribution in [-0.2, 0) is 19.2 Å². The van der Waals surface area contributed by atoms with Crippen molar-refractivity contribution in [3.8, 4) is 0 Å². The van der Waals surface area contributed by atoms with Crippen LogP contribution in [-0.4, -0.2) is 104 Å². The molecule has 0 aliphatic carbocycles. The predicted octanol–water partition coefficient (Wildman–Crippen LogP) is -2.10. The van der Waals surface area contributed by atoms with Crippen LogP contribution < -0.4 is 11.5 Å². The molecule has 0 radical (unpaired) electrons. The quantitative estimate of drug-likeness (QED) is 0.207. The fourth-order valence-corrected chi connectivity index (χ4v) is 4.49. The molecule has 0 aromatic rings. The molecule has 1 aliphatic rings. The summed E-state index contributed by atoms with van der Waals surface area (Å²) in [4.78, 5) is 49.6. The van der Waals surface area contributed by atoms with Crippen molar-refractivity contribution in [1.82, 2.24) is 9.80 Å². The van der Waals surface area contributed by atoms with Crippen molar-refractivity contribution in [3.63, 3.8) is 0 Å². The fourth-order valence-electron chi connectivity index (χ4n) is 4.49. The second kappa shape index (κ2) is 9.78. The monoisotopic (exact) mass is 404 g/mol. The van der Waals surface area contributed by atoms with Gasteiger partial charge in [0, 0.05) is 26.2 Å². The molecule has 0 amide bonds. The first kappa shape index (κ1) is 23.8. The summed E-state index contributed by atoms with van der Waals surface area (Å²) in [5, 5.41) is 38.0. The standard InChI is InChI=1S/C16H28N4O8/c17-2-1-15(7-11(21)22)16(8-12(23)24,9-13(25)26)20(10-14(27)28)6-5-19(15)4-3-18/h1-10,17-18H2,(H,21,22)(H,23,24)(H,25,26)(H,27,28). The van der Waals surface area contributed by atoms with Gasteiger partial charge >= 0.3 is 23.9 Å². The minimum atomic E-state index is -1.80. The Morgan fingerprint density at radius 1 is 0.714 bits per heavy atom. The number of rotatable bonds is 12. The van der Waals surface area contributed by atoms with Gasteiger partial charge in [-0.15, -0.1) is 0 Å². The molecule has 1 fully saturated rings. The zero-order valence-electron chi connectivity index (χ0n) is 15.5. The third-order valence-electron chi connectivity index (χ3n) is 5.33. The number of carboxylic acid groups (broad SMARTS) is 4. The summed E-state index contributed by atoms with van der Waals surface area (Å²) in [6, 6.07) is 0. The number of carboxylic acids is 4. The van der Waals surface area contributed by atoms with Crippen LogP contribution in [0.1, 0.15) is 25.7 Å². The van der Waals surface area contributed by atoms with Crippen molar-refractivity contribution >= 4 is 23.9 Å². The maximum atomic E-state index is 11.8. The molecule has 0 aromatic carbocycles. The van der Waals surface area contributed by atoms with Crippen LogP contribution in [0.3, 0.4) is 0 Å². The van der Waals surface area contributed by atoms with Crippen molar-refractivity contribution < 1.29 is 39.6 Å². The molecule has 8 N–H and O–H groups in total. The van der Waals surface area contributed by atoms with Gasteiger partial charge in [0.25, 0.3) is 0 Å². The molecule has 12 heteroatoms. The SMILES string of the molecule is NCCN1CCN(CC(=O)O)C(CC(=O)O)(CC(=O)O)C1(CCN)CC(=O)O. The van der Waals surface area contributed by atoms with E-state index in [1.54, 1.807) is 4.90 Å². The molecule has 0 saturated carbocycles. The van der Waals surface area contributed by atoms with Crippen LogP contribution in [0.25, 0.3) is 0 Å². The topological polar surface area (TPSA) is 208 Å². The largest absolute Gasteiger partial charge is 0.481 e. The summed E-state index contributed by atoms with van der Waals surface area (Å²) in [6.45, 7) is -0.0902. The number of aliphatic carboxylic acids is 4. The lowest BCUT2D eigenvalue weighted by atomic mass is 9.64. The molecule has 1 rings (SSSR count). The number of hydrogen-bond acceptors (Lipinski definition) is 8. The van der Waals surface area contributed by atoms with Gasteiger partial charge < -0.3 is 31.9 Å². The molecular formula is C16H28N4O8. The first-order valence-electron chi connectivity index (χ1n) is 8.82. The number of hydrogen-bond donors (Lipinski definition) is 6. The van der Waals surface area contributed by atoms with Crippen molar-refractivity contribution in [2.75, 3.05) is 39.3 Å². The van der Waals surface area contributed by atoms with Gasteiger partial charge in [0.2, 0.25) is 0 Å². The second-order valence-electron chi connectivity index (χ2n) is 6.90. The first-order chi connectivity index (χ1) is 13.0. The summed E-state index contributed by atoms with van der Waals surface area (Å²) in [5.74, 6) is -5.27. The van der Waals surface area contributed by atoms with Crippen molar-refractivity contribution in [1.29, 1.82) is 0 Å². The molecule has 160 valence electrons. The lowest BCUT2D eigenvalue weighted by molar-refractivity contribution is -0.179. The van der Waals surface area contributed by atoms with Crippen LogP contribution in [0.5, 0.6) is 0 Å².